The van der Waals surface area contributed by atoms with Crippen LogP contribution < -0.4 is 4.90 Å². The average Bonchev–Trinajstić information content (AvgIpc) is 2.72. The topological polar surface area (TPSA) is 32.7 Å². The highest BCUT2D eigenvalue weighted by Gasteiger charge is 2.28. The van der Waals surface area contributed by atoms with Crippen LogP contribution in [0, 0.1) is 0 Å². The number of rotatable bonds is 4. The SMILES string of the molecule is O=C1CN(CCCC(F)(F)F)c2ccccc2C(c2ccccc2)=N1. The number of benzene rings is 2. The van der Waals surface area contributed by atoms with Gasteiger partial charge in [0.15, 0.2) is 0 Å². The molecule has 0 radical (unpaired) electrons. The third-order valence-corrected chi connectivity index (χ3v) is 4.00. The molecule has 25 heavy (non-hydrogen) atoms. The fraction of sp³-hybridized carbons (Fsp3) is 0.263. The van der Waals surface area contributed by atoms with Gasteiger partial charge in [0.1, 0.15) is 0 Å². The molecule has 0 fully saturated rings. The first-order valence-corrected chi connectivity index (χ1v) is 8.02. The van der Waals surface area contributed by atoms with Crippen molar-refractivity contribution in [2.24, 2.45) is 4.99 Å². The summed E-state index contributed by atoms with van der Waals surface area (Å²) < 4.78 is 37.3. The van der Waals surface area contributed by atoms with Gasteiger partial charge < -0.3 is 4.90 Å². The summed E-state index contributed by atoms with van der Waals surface area (Å²) in [6.45, 7) is 0.130. The van der Waals surface area contributed by atoms with Crippen molar-refractivity contribution in [2.45, 2.75) is 19.0 Å². The van der Waals surface area contributed by atoms with Crippen molar-refractivity contribution in [1.29, 1.82) is 0 Å². The Morgan fingerprint density at radius 3 is 2.40 bits per heavy atom. The maximum absolute atomic E-state index is 12.4. The van der Waals surface area contributed by atoms with Crippen LogP contribution in [0.3, 0.4) is 0 Å². The van der Waals surface area contributed by atoms with E-state index in [-0.39, 0.29) is 25.4 Å². The fourth-order valence-corrected chi connectivity index (χ4v) is 2.90. The Morgan fingerprint density at radius 1 is 1.00 bits per heavy atom. The van der Waals surface area contributed by atoms with Gasteiger partial charge in [-0.25, -0.2) is 4.99 Å². The molecule has 0 atom stereocenters. The van der Waals surface area contributed by atoms with E-state index in [1.807, 2.05) is 54.6 Å². The summed E-state index contributed by atoms with van der Waals surface area (Å²) in [5.41, 5.74) is 2.85. The fourth-order valence-electron chi connectivity index (χ4n) is 2.90. The van der Waals surface area contributed by atoms with Gasteiger partial charge in [-0.05, 0) is 12.5 Å². The number of nitrogens with zero attached hydrogens (tertiary/aromatic N) is 2. The minimum absolute atomic E-state index is 0.0226. The van der Waals surface area contributed by atoms with Crippen LogP contribution in [0.5, 0.6) is 0 Å². The molecule has 0 saturated carbocycles. The predicted octanol–water partition coefficient (Wildman–Crippen LogP) is 4.21. The highest BCUT2D eigenvalue weighted by molar-refractivity contribution is 6.20. The largest absolute Gasteiger partial charge is 0.389 e. The van der Waals surface area contributed by atoms with E-state index in [9.17, 15) is 18.0 Å². The third-order valence-electron chi connectivity index (χ3n) is 4.00. The second kappa shape index (κ2) is 7.09. The molecule has 0 saturated heterocycles. The Labute approximate surface area is 143 Å². The van der Waals surface area contributed by atoms with E-state index in [2.05, 4.69) is 4.99 Å². The zero-order valence-corrected chi connectivity index (χ0v) is 13.5. The Morgan fingerprint density at radius 2 is 1.68 bits per heavy atom. The van der Waals surface area contributed by atoms with E-state index in [0.717, 1.165) is 16.8 Å². The van der Waals surface area contributed by atoms with Crippen LogP contribution in [-0.2, 0) is 4.79 Å². The number of carbonyl (C=O) groups is 1. The van der Waals surface area contributed by atoms with Crippen LogP contribution in [0.4, 0.5) is 18.9 Å². The van der Waals surface area contributed by atoms with Crippen molar-refractivity contribution < 1.29 is 18.0 Å². The lowest BCUT2D eigenvalue weighted by Gasteiger charge is -2.24. The Hall–Kier alpha value is -2.63. The van der Waals surface area contributed by atoms with Gasteiger partial charge in [-0.2, -0.15) is 13.2 Å². The highest BCUT2D eigenvalue weighted by Crippen LogP contribution is 2.28. The van der Waals surface area contributed by atoms with E-state index in [1.165, 1.54) is 0 Å². The third kappa shape index (κ3) is 4.26. The molecular weight excluding hydrogens is 329 g/mol. The first-order valence-electron chi connectivity index (χ1n) is 8.02. The minimum atomic E-state index is -4.19. The monoisotopic (exact) mass is 346 g/mol. The number of benzodiazepines with no additional fused rings is 1. The summed E-state index contributed by atoms with van der Waals surface area (Å²) in [5, 5.41) is 0. The van der Waals surface area contributed by atoms with E-state index in [4.69, 9.17) is 0 Å². The number of carbonyl (C=O) groups excluding carboxylic acids is 1. The summed E-state index contributed by atoms with van der Waals surface area (Å²) in [6.07, 6.45) is -5.13. The number of aliphatic imine (C=N–C) groups is 1. The molecule has 2 aromatic carbocycles. The molecule has 3 rings (SSSR count). The normalized spacial score (nSPS) is 14.8. The molecule has 0 spiro atoms. The summed E-state index contributed by atoms with van der Waals surface area (Å²) in [5.74, 6) is -0.359. The maximum Gasteiger partial charge on any atom is 0.389 e. The molecule has 0 bridgehead atoms. The molecule has 0 aliphatic carbocycles. The Bertz CT molecular complexity index is 785. The van der Waals surface area contributed by atoms with Crippen LogP contribution in [0.25, 0.3) is 0 Å². The smallest absolute Gasteiger partial charge is 0.362 e. The molecule has 130 valence electrons. The summed E-state index contributed by atoms with van der Waals surface area (Å²) in [4.78, 5) is 18.1. The molecule has 3 nitrogen and oxygen atoms in total. The number of halogens is 3. The number of hydrogen-bond acceptors (Lipinski definition) is 2. The van der Waals surface area contributed by atoms with Crippen LogP contribution in [0.15, 0.2) is 59.6 Å². The molecular formula is C19H17F3N2O. The molecule has 0 unspecified atom stereocenters. The van der Waals surface area contributed by atoms with E-state index < -0.39 is 12.6 Å². The molecule has 1 aliphatic rings. The second-order valence-corrected chi connectivity index (χ2v) is 5.88. The van der Waals surface area contributed by atoms with Gasteiger partial charge in [0, 0.05) is 29.8 Å². The van der Waals surface area contributed by atoms with Gasteiger partial charge in [0.05, 0.1) is 12.3 Å². The molecule has 0 aromatic heterocycles. The number of hydrogen-bond donors (Lipinski definition) is 0. The van der Waals surface area contributed by atoms with E-state index >= 15 is 0 Å². The van der Waals surface area contributed by atoms with E-state index in [1.54, 1.807) is 4.90 Å². The Balaban J connectivity index is 1.93. The Kier molecular flexibility index (Phi) is 4.88. The second-order valence-electron chi connectivity index (χ2n) is 5.88. The zero-order chi connectivity index (χ0) is 17.9. The van der Waals surface area contributed by atoms with Gasteiger partial charge >= 0.3 is 6.18 Å². The molecule has 2 aromatic rings. The summed E-state index contributed by atoms with van der Waals surface area (Å²) in [7, 11) is 0. The van der Waals surface area contributed by atoms with Crippen molar-refractivity contribution in [2.75, 3.05) is 18.0 Å². The average molecular weight is 346 g/mol. The molecule has 1 aliphatic heterocycles. The van der Waals surface area contributed by atoms with Gasteiger partial charge in [-0.15, -0.1) is 0 Å². The lowest BCUT2D eigenvalue weighted by molar-refractivity contribution is -0.135. The zero-order valence-electron chi connectivity index (χ0n) is 13.5. The number of anilines is 1. The number of fused-ring (bicyclic) bond motifs is 1. The van der Waals surface area contributed by atoms with Crippen LogP contribution in [-0.4, -0.2) is 30.9 Å². The van der Waals surface area contributed by atoms with Crippen LogP contribution in [0.1, 0.15) is 24.0 Å². The van der Waals surface area contributed by atoms with Gasteiger partial charge in [0.25, 0.3) is 5.91 Å². The first kappa shape index (κ1) is 17.2. The van der Waals surface area contributed by atoms with Crippen molar-refractivity contribution in [1.82, 2.24) is 0 Å². The number of alkyl halides is 3. The van der Waals surface area contributed by atoms with Crippen molar-refractivity contribution in [3.63, 3.8) is 0 Å². The molecule has 6 heteroatoms. The van der Waals surface area contributed by atoms with E-state index in [0.29, 0.717) is 5.71 Å². The van der Waals surface area contributed by atoms with Crippen molar-refractivity contribution >= 4 is 17.3 Å². The minimum Gasteiger partial charge on any atom is -0.362 e. The lowest BCUT2D eigenvalue weighted by atomic mass is 10.00. The van der Waals surface area contributed by atoms with Crippen LogP contribution in [0.2, 0.25) is 0 Å². The standard InChI is InChI=1S/C19H17F3N2O/c20-19(21,22)11-6-12-24-13-17(25)23-18(14-7-2-1-3-8-14)15-9-4-5-10-16(15)24/h1-5,7-10H,6,11-13H2. The summed E-state index contributed by atoms with van der Waals surface area (Å²) >= 11 is 0. The van der Waals surface area contributed by atoms with Crippen molar-refractivity contribution in [3.8, 4) is 0 Å². The number of para-hydroxylation sites is 1. The van der Waals surface area contributed by atoms with Gasteiger partial charge in [-0.3, -0.25) is 4.79 Å². The maximum atomic E-state index is 12.4. The molecule has 0 N–H and O–H groups in total. The van der Waals surface area contributed by atoms with Gasteiger partial charge in [-0.1, -0.05) is 48.5 Å². The first-order chi connectivity index (χ1) is 11.9. The van der Waals surface area contributed by atoms with Crippen LogP contribution >= 0.6 is 0 Å². The van der Waals surface area contributed by atoms with Crippen molar-refractivity contribution in [3.05, 3.63) is 65.7 Å². The predicted molar refractivity (Wildman–Crippen MR) is 91.0 cm³/mol. The summed E-state index contributed by atoms with van der Waals surface area (Å²) in [6, 6.07) is 16.6. The molecule has 1 amide bonds. The quantitative estimate of drug-likeness (QED) is 0.831. The molecule has 1 heterocycles. The highest BCUT2D eigenvalue weighted by atomic mass is 19.4. The lowest BCUT2D eigenvalue weighted by Crippen LogP contribution is -2.30. The number of amides is 1. The van der Waals surface area contributed by atoms with Gasteiger partial charge in [0.2, 0.25) is 0 Å².